The molecule has 90 valence electrons. The van der Waals surface area contributed by atoms with Gasteiger partial charge in [-0.3, -0.25) is 0 Å². The van der Waals surface area contributed by atoms with Crippen LogP contribution in [0, 0.1) is 11.3 Å². The van der Waals surface area contributed by atoms with E-state index in [1.807, 2.05) is 12.1 Å². The van der Waals surface area contributed by atoms with Crippen molar-refractivity contribution in [3.63, 3.8) is 0 Å². The van der Waals surface area contributed by atoms with E-state index in [-0.39, 0.29) is 0 Å². The van der Waals surface area contributed by atoms with Crippen LogP contribution in [0.5, 0.6) is 11.6 Å². The lowest BCUT2D eigenvalue weighted by Crippen LogP contribution is -1.90. The van der Waals surface area contributed by atoms with Gasteiger partial charge >= 0.3 is 0 Å². The predicted octanol–water partition coefficient (Wildman–Crippen LogP) is 2.64. The van der Waals surface area contributed by atoms with Crippen LogP contribution in [-0.2, 0) is 0 Å². The van der Waals surface area contributed by atoms with Crippen LogP contribution in [0.3, 0.4) is 0 Å². The smallest absolute Gasteiger partial charge is 0.212 e. The Morgan fingerprint density at radius 3 is 2.39 bits per heavy atom. The fraction of sp³-hybridized carbons (Fsp3) is 0.143. The predicted molar refractivity (Wildman–Crippen MR) is 67.5 cm³/mol. The Bertz CT molecular complexity index is 586. The third-order valence-electron chi connectivity index (χ3n) is 2.60. The fourth-order valence-electron chi connectivity index (χ4n) is 1.65. The second kappa shape index (κ2) is 5.19. The van der Waals surface area contributed by atoms with Gasteiger partial charge in [-0.1, -0.05) is 6.07 Å². The lowest BCUT2D eigenvalue weighted by atomic mass is 10.0. The molecule has 18 heavy (non-hydrogen) atoms. The van der Waals surface area contributed by atoms with Crippen LogP contribution >= 0.6 is 0 Å². The molecule has 4 heteroatoms. The van der Waals surface area contributed by atoms with Crippen molar-refractivity contribution in [2.75, 3.05) is 14.2 Å². The van der Waals surface area contributed by atoms with Gasteiger partial charge in [-0.2, -0.15) is 5.26 Å². The average Bonchev–Trinajstić information content (AvgIpc) is 2.46. The minimum absolute atomic E-state index is 0.505. The van der Waals surface area contributed by atoms with Crippen molar-refractivity contribution < 1.29 is 9.47 Å². The Morgan fingerprint density at radius 1 is 1.06 bits per heavy atom. The second-order valence-corrected chi connectivity index (χ2v) is 3.62. The van der Waals surface area contributed by atoms with E-state index in [0.717, 1.165) is 11.1 Å². The van der Waals surface area contributed by atoms with E-state index in [4.69, 9.17) is 14.7 Å². The molecule has 0 N–H and O–H groups in total. The number of hydrogen-bond acceptors (Lipinski definition) is 4. The summed E-state index contributed by atoms with van der Waals surface area (Å²) < 4.78 is 10.1. The van der Waals surface area contributed by atoms with Crippen LogP contribution < -0.4 is 9.47 Å². The first-order valence-corrected chi connectivity index (χ1v) is 5.37. The zero-order valence-electron chi connectivity index (χ0n) is 10.2. The summed E-state index contributed by atoms with van der Waals surface area (Å²) in [6, 6.07) is 11.2. The minimum Gasteiger partial charge on any atom is -0.495 e. The normalized spacial score (nSPS) is 9.61. The molecule has 0 atom stereocenters. The summed E-state index contributed by atoms with van der Waals surface area (Å²) in [6.45, 7) is 0. The van der Waals surface area contributed by atoms with Crippen molar-refractivity contribution in [3.05, 3.63) is 42.1 Å². The Kier molecular flexibility index (Phi) is 3.44. The van der Waals surface area contributed by atoms with Crippen LogP contribution in [0.15, 0.2) is 36.5 Å². The van der Waals surface area contributed by atoms with Gasteiger partial charge in [-0.25, -0.2) is 4.98 Å². The van der Waals surface area contributed by atoms with Gasteiger partial charge in [-0.05, 0) is 23.8 Å². The van der Waals surface area contributed by atoms with Crippen LogP contribution in [0.1, 0.15) is 5.56 Å². The number of ether oxygens (including phenoxy) is 2. The number of hydrogen-bond donors (Lipinski definition) is 0. The second-order valence-electron chi connectivity index (χ2n) is 3.62. The molecule has 0 spiro atoms. The molecule has 0 fully saturated rings. The molecule has 1 heterocycles. The van der Waals surface area contributed by atoms with E-state index in [2.05, 4.69) is 11.1 Å². The van der Waals surface area contributed by atoms with E-state index >= 15 is 0 Å². The van der Waals surface area contributed by atoms with Gasteiger partial charge in [0.15, 0.2) is 0 Å². The minimum atomic E-state index is 0.505. The van der Waals surface area contributed by atoms with Gasteiger partial charge in [0.05, 0.1) is 19.8 Å². The first-order valence-electron chi connectivity index (χ1n) is 5.37. The Labute approximate surface area is 105 Å². The molecule has 4 nitrogen and oxygen atoms in total. The average molecular weight is 240 g/mol. The molecule has 0 aliphatic carbocycles. The van der Waals surface area contributed by atoms with E-state index in [1.165, 1.54) is 0 Å². The number of nitrogens with zero attached hydrogens (tertiary/aromatic N) is 2. The monoisotopic (exact) mass is 240 g/mol. The van der Waals surface area contributed by atoms with Gasteiger partial charge in [0.2, 0.25) is 5.88 Å². The molecule has 0 saturated heterocycles. The summed E-state index contributed by atoms with van der Waals surface area (Å²) in [4.78, 5) is 4.14. The van der Waals surface area contributed by atoms with Crippen molar-refractivity contribution in [1.82, 2.24) is 4.98 Å². The maximum Gasteiger partial charge on any atom is 0.212 e. The summed E-state index contributed by atoms with van der Waals surface area (Å²) >= 11 is 0. The number of nitriles is 1. The van der Waals surface area contributed by atoms with Crippen molar-refractivity contribution >= 4 is 0 Å². The zero-order chi connectivity index (χ0) is 13.0. The van der Waals surface area contributed by atoms with Crippen molar-refractivity contribution in [3.8, 4) is 28.8 Å². The highest BCUT2D eigenvalue weighted by molar-refractivity contribution is 5.66. The molecule has 1 aromatic heterocycles. The molecule has 2 aromatic rings. The lowest BCUT2D eigenvalue weighted by molar-refractivity contribution is 0.398. The molecule has 0 saturated carbocycles. The largest absolute Gasteiger partial charge is 0.495 e. The van der Waals surface area contributed by atoms with Crippen molar-refractivity contribution in [1.29, 1.82) is 5.26 Å². The van der Waals surface area contributed by atoms with E-state index in [0.29, 0.717) is 17.2 Å². The van der Waals surface area contributed by atoms with Crippen LogP contribution in [0.2, 0.25) is 0 Å². The van der Waals surface area contributed by atoms with E-state index in [9.17, 15) is 0 Å². The summed E-state index contributed by atoms with van der Waals surface area (Å²) in [6.07, 6.45) is 1.71. The lowest BCUT2D eigenvalue weighted by Gasteiger charge is -2.06. The van der Waals surface area contributed by atoms with Gasteiger partial charge in [-0.15, -0.1) is 0 Å². The molecule has 0 bridgehead atoms. The highest BCUT2D eigenvalue weighted by Gasteiger charge is 2.05. The van der Waals surface area contributed by atoms with Crippen LogP contribution in [0.25, 0.3) is 11.1 Å². The molecular weight excluding hydrogens is 228 g/mol. The third-order valence-corrected chi connectivity index (χ3v) is 2.60. The first-order chi connectivity index (χ1) is 8.78. The Balaban J connectivity index is 2.41. The van der Waals surface area contributed by atoms with Crippen molar-refractivity contribution in [2.45, 2.75) is 0 Å². The number of rotatable bonds is 3. The highest BCUT2D eigenvalue weighted by atomic mass is 16.5. The molecule has 0 aliphatic heterocycles. The topological polar surface area (TPSA) is 55.1 Å². The van der Waals surface area contributed by atoms with Gasteiger partial charge in [0.25, 0.3) is 0 Å². The van der Waals surface area contributed by atoms with Crippen molar-refractivity contribution in [2.24, 2.45) is 0 Å². The van der Waals surface area contributed by atoms with Crippen LogP contribution in [-0.4, -0.2) is 19.2 Å². The summed E-state index contributed by atoms with van der Waals surface area (Å²) in [5.41, 5.74) is 2.35. The molecule has 2 rings (SSSR count). The molecule has 1 aromatic carbocycles. The molecular formula is C14H12N2O2. The number of pyridine rings is 1. The quantitative estimate of drug-likeness (QED) is 0.827. The standard InChI is InChI=1S/C14H12N2O2/c1-17-13-5-3-10(7-12(13)8-15)11-4-6-14(18-2)16-9-11/h3-7,9H,1-2H3. The maximum absolute atomic E-state index is 9.04. The van der Waals surface area contributed by atoms with Gasteiger partial charge in [0.1, 0.15) is 11.8 Å². The summed E-state index contributed by atoms with van der Waals surface area (Å²) in [5, 5.41) is 9.04. The fourth-order valence-corrected chi connectivity index (χ4v) is 1.65. The molecule has 0 unspecified atom stereocenters. The maximum atomic E-state index is 9.04. The van der Waals surface area contributed by atoms with Crippen LogP contribution in [0.4, 0.5) is 0 Å². The first kappa shape index (κ1) is 11.9. The summed E-state index contributed by atoms with van der Waals surface area (Å²) in [7, 11) is 3.12. The van der Waals surface area contributed by atoms with E-state index in [1.54, 1.807) is 38.6 Å². The molecule has 0 amide bonds. The van der Waals surface area contributed by atoms with Gasteiger partial charge in [0, 0.05) is 17.8 Å². The number of methoxy groups -OCH3 is 2. The van der Waals surface area contributed by atoms with E-state index < -0.39 is 0 Å². The molecule has 0 radical (unpaired) electrons. The Morgan fingerprint density at radius 2 is 1.83 bits per heavy atom. The zero-order valence-corrected chi connectivity index (χ0v) is 10.2. The molecule has 0 aliphatic rings. The third kappa shape index (κ3) is 2.25. The summed E-state index contributed by atoms with van der Waals surface area (Å²) in [5.74, 6) is 1.13. The SMILES string of the molecule is COc1ccc(-c2ccc(OC)c(C#N)c2)cn1. The Hall–Kier alpha value is -2.54. The highest BCUT2D eigenvalue weighted by Crippen LogP contribution is 2.26. The number of aromatic nitrogens is 1. The number of benzene rings is 1. The van der Waals surface area contributed by atoms with Gasteiger partial charge < -0.3 is 9.47 Å².